The van der Waals surface area contributed by atoms with E-state index in [9.17, 15) is 0 Å². The molecule has 1 fully saturated rings. The molecule has 1 saturated carbocycles. The molecule has 82 valence electrons. The van der Waals surface area contributed by atoms with Gasteiger partial charge in [-0.3, -0.25) is 5.43 Å². The number of thiazole rings is 1. The summed E-state index contributed by atoms with van der Waals surface area (Å²) in [5, 5.41) is 6.29. The van der Waals surface area contributed by atoms with Crippen LogP contribution in [-0.4, -0.2) is 17.0 Å². The molecule has 0 aromatic carbocycles. The van der Waals surface area contributed by atoms with Gasteiger partial charge in [-0.05, 0) is 19.8 Å². The topological polar surface area (TPSA) is 75.3 Å². The summed E-state index contributed by atoms with van der Waals surface area (Å²) >= 11 is 1.64. The molecule has 0 saturated heterocycles. The summed E-state index contributed by atoms with van der Waals surface area (Å²) in [7, 11) is 0. The minimum atomic E-state index is 0.553. The van der Waals surface area contributed by atoms with Crippen molar-refractivity contribution in [3.8, 4) is 0 Å². The first-order valence-electron chi connectivity index (χ1n) is 4.96. The Kier molecular flexibility index (Phi) is 3.17. The van der Waals surface area contributed by atoms with Gasteiger partial charge in [0, 0.05) is 11.4 Å². The highest BCUT2D eigenvalue weighted by Gasteiger charge is 2.21. The van der Waals surface area contributed by atoms with Crippen molar-refractivity contribution in [2.24, 2.45) is 10.8 Å². The number of hydrazine groups is 1. The monoisotopic (exact) mass is 225 g/mol. The average molecular weight is 225 g/mol. The van der Waals surface area contributed by atoms with Crippen LogP contribution in [0, 0.1) is 6.92 Å². The van der Waals surface area contributed by atoms with Crippen LogP contribution in [0.2, 0.25) is 0 Å². The van der Waals surface area contributed by atoms with Crippen molar-refractivity contribution in [1.82, 2.24) is 15.7 Å². The highest BCUT2D eigenvalue weighted by atomic mass is 32.1. The van der Waals surface area contributed by atoms with E-state index in [0.717, 1.165) is 10.7 Å². The van der Waals surface area contributed by atoms with E-state index in [0.29, 0.717) is 18.5 Å². The fourth-order valence-electron chi connectivity index (χ4n) is 1.19. The molecule has 0 amide bonds. The van der Waals surface area contributed by atoms with Crippen LogP contribution in [0.5, 0.6) is 0 Å². The van der Waals surface area contributed by atoms with E-state index in [1.165, 1.54) is 12.8 Å². The maximum atomic E-state index is 5.36. The maximum absolute atomic E-state index is 5.36. The van der Waals surface area contributed by atoms with E-state index >= 15 is 0 Å². The third-order valence-corrected chi connectivity index (χ3v) is 2.94. The molecule has 0 bridgehead atoms. The normalized spacial score (nSPS) is 16.5. The summed E-state index contributed by atoms with van der Waals surface area (Å²) in [6.45, 7) is 2.56. The summed E-state index contributed by atoms with van der Waals surface area (Å²) < 4.78 is 0. The molecule has 1 heterocycles. The predicted octanol–water partition coefficient (Wildman–Crippen LogP) is 0.523. The Morgan fingerprint density at radius 2 is 2.53 bits per heavy atom. The van der Waals surface area contributed by atoms with Crippen molar-refractivity contribution in [2.45, 2.75) is 32.4 Å². The zero-order chi connectivity index (χ0) is 10.7. The number of nitrogens with one attached hydrogen (secondary N) is 2. The second-order valence-corrected chi connectivity index (χ2v) is 4.65. The number of aryl methyl sites for hydroxylation is 1. The highest BCUT2D eigenvalue weighted by Crippen LogP contribution is 2.18. The molecule has 0 spiro atoms. The Hall–Kier alpha value is -1.14. The summed E-state index contributed by atoms with van der Waals surface area (Å²) in [4.78, 5) is 8.65. The van der Waals surface area contributed by atoms with Crippen LogP contribution < -0.4 is 16.6 Å². The Labute approximate surface area is 92.8 Å². The molecule has 5 nitrogen and oxygen atoms in total. The van der Waals surface area contributed by atoms with Crippen LogP contribution in [0.15, 0.2) is 10.4 Å². The average Bonchev–Trinajstić information content (AvgIpc) is 2.95. The van der Waals surface area contributed by atoms with Crippen molar-refractivity contribution in [2.75, 3.05) is 0 Å². The lowest BCUT2D eigenvalue weighted by Crippen LogP contribution is -2.42. The Balaban J connectivity index is 1.89. The minimum absolute atomic E-state index is 0.553. The fraction of sp³-hybridized carbons (Fsp3) is 0.556. The molecule has 0 atom stereocenters. The molecule has 4 N–H and O–H groups in total. The molecular weight excluding hydrogens is 210 g/mol. The molecule has 1 aromatic rings. The van der Waals surface area contributed by atoms with Gasteiger partial charge in [-0.15, -0.1) is 11.3 Å². The molecular formula is C9H15N5S. The number of nitrogens with two attached hydrogens (primary N) is 1. The van der Waals surface area contributed by atoms with Crippen molar-refractivity contribution < 1.29 is 0 Å². The van der Waals surface area contributed by atoms with Gasteiger partial charge >= 0.3 is 0 Å². The molecule has 0 aliphatic heterocycles. The summed E-state index contributed by atoms with van der Waals surface area (Å²) in [5.74, 6) is 6.01. The zero-order valence-corrected chi connectivity index (χ0v) is 9.47. The van der Waals surface area contributed by atoms with Crippen LogP contribution in [0.25, 0.3) is 0 Å². The minimum Gasteiger partial charge on any atom is -0.353 e. The van der Waals surface area contributed by atoms with Crippen LogP contribution >= 0.6 is 11.3 Å². The van der Waals surface area contributed by atoms with E-state index in [1.807, 2.05) is 12.3 Å². The summed E-state index contributed by atoms with van der Waals surface area (Å²) in [6, 6.07) is 0.553. The maximum Gasteiger partial charge on any atom is 0.206 e. The van der Waals surface area contributed by atoms with Crippen LogP contribution in [0.1, 0.15) is 23.5 Å². The first-order chi connectivity index (χ1) is 7.28. The van der Waals surface area contributed by atoms with Gasteiger partial charge in [-0.25, -0.2) is 15.8 Å². The van der Waals surface area contributed by atoms with E-state index < -0.39 is 0 Å². The SMILES string of the molecule is Cc1nc(CN=C(NN)NC2CC2)cs1. The van der Waals surface area contributed by atoms with E-state index in [2.05, 4.69) is 20.7 Å². The van der Waals surface area contributed by atoms with E-state index in [1.54, 1.807) is 11.3 Å². The lowest BCUT2D eigenvalue weighted by Gasteiger charge is -2.06. The van der Waals surface area contributed by atoms with Crippen molar-refractivity contribution >= 4 is 17.3 Å². The van der Waals surface area contributed by atoms with E-state index in [4.69, 9.17) is 5.84 Å². The molecule has 6 heteroatoms. The molecule has 1 aliphatic rings. The summed E-state index contributed by atoms with van der Waals surface area (Å²) in [5.41, 5.74) is 3.55. The van der Waals surface area contributed by atoms with Crippen molar-refractivity contribution in [3.63, 3.8) is 0 Å². The molecule has 0 unspecified atom stereocenters. The molecule has 15 heavy (non-hydrogen) atoms. The Bertz CT molecular complexity index is 355. The molecule has 2 rings (SSSR count). The third kappa shape index (κ3) is 3.17. The first kappa shape index (κ1) is 10.4. The van der Waals surface area contributed by atoms with Gasteiger partial charge in [0.2, 0.25) is 5.96 Å². The van der Waals surface area contributed by atoms with Crippen LogP contribution in [0.4, 0.5) is 0 Å². The van der Waals surface area contributed by atoms with Crippen molar-refractivity contribution in [1.29, 1.82) is 0 Å². The smallest absolute Gasteiger partial charge is 0.206 e. The number of rotatable bonds is 3. The predicted molar refractivity (Wildman–Crippen MR) is 61.5 cm³/mol. The molecule has 0 radical (unpaired) electrons. The quantitative estimate of drug-likeness (QED) is 0.303. The first-order valence-corrected chi connectivity index (χ1v) is 5.84. The standard InChI is InChI=1S/C9H15N5S/c1-6-12-8(5-15-6)4-11-9(14-10)13-7-2-3-7/h5,7H,2-4,10H2,1H3,(H2,11,13,14). The van der Waals surface area contributed by atoms with Gasteiger partial charge in [0.25, 0.3) is 0 Å². The van der Waals surface area contributed by atoms with Crippen molar-refractivity contribution in [3.05, 3.63) is 16.1 Å². The molecule has 1 aromatic heterocycles. The van der Waals surface area contributed by atoms with Crippen LogP contribution in [-0.2, 0) is 6.54 Å². The number of aliphatic imine (C=N–C) groups is 1. The number of aromatic nitrogens is 1. The number of nitrogens with zero attached hydrogens (tertiary/aromatic N) is 2. The Morgan fingerprint density at radius 3 is 3.07 bits per heavy atom. The van der Waals surface area contributed by atoms with Gasteiger partial charge in [-0.1, -0.05) is 0 Å². The van der Waals surface area contributed by atoms with Gasteiger partial charge in [-0.2, -0.15) is 0 Å². The summed E-state index contributed by atoms with van der Waals surface area (Å²) in [6.07, 6.45) is 2.41. The van der Waals surface area contributed by atoms with E-state index in [-0.39, 0.29) is 0 Å². The third-order valence-electron chi connectivity index (χ3n) is 2.12. The number of hydrogen-bond acceptors (Lipinski definition) is 4. The highest BCUT2D eigenvalue weighted by molar-refractivity contribution is 7.09. The number of hydrogen-bond donors (Lipinski definition) is 3. The zero-order valence-electron chi connectivity index (χ0n) is 8.66. The lowest BCUT2D eigenvalue weighted by molar-refractivity contribution is 0.817. The van der Waals surface area contributed by atoms with Gasteiger partial charge in [0.05, 0.1) is 17.2 Å². The number of guanidine groups is 1. The fourth-order valence-corrected chi connectivity index (χ4v) is 1.80. The second-order valence-electron chi connectivity index (χ2n) is 3.59. The van der Waals surface area contributed by atoms with Crippen LogP contribution in [0.3, 0.4) is 0 Å². The van der Waals surface area contributed by atoms with Gasteiger partial charge < -0.3 is 5.32 Å². The lowest BCUT2D eigenvalue weighted by atomic mass is 10.5. The van der Waals surface area contributed by atoms with Gasteiger partial charge in [0.15, 0.2) is 0 Å². The Morgan fingerprint density at radius 1 is 1.73 bits per heavy atom. The molecule has 1 aliphatic carbocycles. The second kappa shape index (κ2) is 4.59. The van der Waals surface area contributed by atoms with Gasteiger partial charge in [0.1, 0.15) is 0 Å². The largest absolute Gasteiger partial charge is 0.353 e.